The first kappa shape index (κ1) is 15.2. The van der Waals surface area contributed by atoms with Crippen LogP contribution in [0.25, 0.3) is 0 Å². The molecular formula is C12H14ClNO5S. The van der Waals surface area contributed by atoms with Crippen LogP contribution in [0.4, 0.5) is 0 Å². The molecule has 0 spiro atoms. The summed E-state index contributed by atoms with van der Waals surface area (Å²) < 4.78 is 31.2. The second kappa shape index (κ2) is 5.69. The summed E-state index contributed by atoms with van der Waals surface area (Å²) >= 11 is 5.81. The highest BCUT2D eigenvalue weighted by Crippen LogP contribution is 2.25. The highest BCUT2D eigenvalue weighted by molar-refractivity contribution is 7.89. The van der Waals surface area contributed by atoms with E-state index in [9.17, 15) is 13.2 Å². The first-order chi connectivity index (χ1) is 9.34. The first-order valence-corrected chi connectivity index (χ1v) is 7.74. The number of halogens is 1. The molecule has 2 rings (SSSR count). The van der Waals surface area contributed by atoms with Gasteiger partial charge in [0.2, 0.25) is 10.0 Å². The lowest BCUT2D eigenvalue weighted by molar-refractivity contribution is 0.0697. The molecule has 20 heavy (non-hydrogen) atoms. The number of likely N-dealkylation sites (N-methyl/N-ethyl adjacent to an activating group) is 1. The monoisotopic (exact) mass is 319 g/mol. The number of carboxylic acid groups (broad SMARTS) is 1. The van der Waals surface area contributed by atoms with Crippen LogP contribution >= 0.6 is 11.6 Å². The van der Waals surface area contributed by atoms with E-state index < -0.39 is 16.0 Å². The van der Waals surface area contributed by atoms with E-state index in [-0.39, 0.29) is 21.5 Å². The topological polar surface area (TPSA) is 83.9 Å². The largest absolute Gasteiger partial charge is 0.478 e. The minimum atomic E-state index is -3.71. The molecule has 1 saturated heterocycles. The third kappa shape index (κ3) is 2.80. The smallest absolute Gasteiger partial charge is 0.337 e. The summed E-state index contributed by atoms with van der Waals surface area (Å²) in [6, 6.07) is 3.39. The maximum Gasteiger partial charge on any atom is 0.337 e. The summed E-state index contributed by atoms with van der Waals surface area (Å²) in [5.41, 5.74) is -0.127. The molecule has 6 nitrogen and oxygen atoms in total. The lowest BCUT2D eigenvalue weighted by Gasteiger charge is -2.22. The Labute approximate surface area is 122 Å². The third-order valence-electron chi connectivity index (χ3n) is 3.27. The van der Waals surface area contributed by atoms with Crippen LogP contribution in [-0.4, -0.2) is 50.1 Å². The van der Waals surface area contributed by atoms with Crippen molar-refractivity contribution in [2.24, 2.45) is 0 Å². The summed E-state index contributed by atoms with van der Waals surface area (Å²) in [5, 5.41) is 8.78. The van der Waals surface area contributed by atoms with E-state index in [2.05, 4.69) is 0 Å². The molecule has 1 aliphatic rings. The number of aromatic carboxylic acids is 1. The highest BCUT2D eigenvalue weighted by atomic mass is 35.5. The van der Waals surface area contributed by atoms with Gasteiger partial charge < -0.3 is 9.84 Å². The Kier molecular flexibility index (Phi) is 4.33. The van der Waals surface area contributed by atoms with Crippen LogP contribution in [0.15, 0.2) is 23.1 Å². The van der Waals surface area contributed by atoms with Gasteiger partial charge in [0.05, 0.1) is 28.1 Å². The molecule has 1 aromatic carbocycles. The summed E-state index contributed by atoms with van der Waals surface area (Å²) in [5.74, 6) is -1.20. The van der Waals surface area contributed by atoms with Gasteiger partial charge >= 0.3 is 5.97 Å². The summed E-state index contributed by atoms with van der Waals surface area (Å²) in [6.45, 7) is 0.889. The van der Waals surface area contributed by atoms with E-state index in [1.54, 1.807) is 0 Å². The van der Waals surface area contributed by atoms with Crippen LogP contribution in [0.5, 0.6) is 0 Å². The Bertz CT molecular complexity index is 625. The average molecular weight is 320 g/mol. The molecule has 1 unspecified atom stereocenters. The fourth-order valence-corrected chi connectivity index (χ4v) is 3.73. The quantitative estimate of drug-likeness (QED) is 0.908. The molecule has 1 aliphatic heterocycles. The SMILES string of the molecule is CN(C1CCOC1)S(=O)(=O)c1ccc(C(=O)O)c(Cl)c1. The van der Waals surface area contributed by atoms with Crippen molar-refractivity contribution in [3.8, 4) is 0 Å². The maximum atomic E-state index is 12.4. The van der Waals surface area contributed by atoms with Crippen molar-refractivity contribution in [2.75, 3.05) is 20.3 Å². The fraction of sp³-hybridized carbons (Fsp3) is 0.417. The molecule has 8 heteroatoms. The predicted octanol–water partition coefficient (Wildman–Crippen LogP) is 1.45. The van der Waals surface area contributed by atoms with Crippen molar-refractivity contribution in [1.29, 1.82) is 0 Å². The lowest BCUT2D eigenvalue weighted by atomic mass is 10.2. The Morgan fingerprint density at radius 3 is 2.70 bits per heavy atom. The second-order valence-corrected chi connectivity index (χ2v) is 6.89. The number of benzene rings is 1. The van der Waals surface area contributed by atoms with Crippen LogP contribution < -0.4 is 0 Å². The van der Waals surface area contributed by atoms with Gasteiger partial charge in [-0.3, -0.25) is 0 Å². The number of carboxylic acids is 1. The van der Waals surface area contributed by atoms with Crippen LogP contribution in [0.1, 0.15) is 16.8 Å². The molecule has 1 N–H and O–H groups in total. The minimum Gasteiger partial charge on any atom is -0.478 e. The van der Waals surface area contributed by atoms with E-state index in [4.69, 9.17) is 21.4 Å². The van der Waals surface area contributed by atoms with Crippen molar-refractivity contribution in [1.82, 2.24) is 4.31 Å². The molecule has 0 saturated carbocycles. The van der Waals surface area contributed by atoms with Gasteiger partial charge in [-0.05, 0) is 24.6 Å². The van der Waals surface area contributed by atoms with Gasteiger partial charge in [0.15, 0.2) is 0 Å². The van der Waals surface area contributed by atoms with Crippen molar-refractivity contribution < 1.29 is 23.1 Å². The standard InChI is InChI=1S/C12H14ClNO5S/c1-14(8-4-5-19-7-8)20(17,18)9-2-3-10(12(15)16)11(13)6-9/h2-3,6,8H,4-5,7H2,1H3,(H,15,16). The van der Waals surface area contributed by atoms with Crippen LogP contribution in [0, 0.1) is 0 Å². The third-order valence-corrected chi connectivity index (χ3v) is 5.49. The highest BCUT2D eigenvalue weighted by Gasteiger charge is 2.31. The molecule has 110 valence electrons. The van der Waals surface area contributed by atoms with Gasteiger partial charge in [-0.2, -0.15) is 4.31 Å². The number of nitrogens with zero attached hydrogens (tertiary/aromatic N) is 1. The average Bonchev–Trinajstić information content (AvgIpc) is 2.90. The van der Waals surface area contributed by atoms with Crippen molar-refractivity contribution in [3.05, 3.63) is 28.8 Å². The second-order valence-electron chi connectivity index (χ2n) is 4.49. The molecule has 1 atom stereocenters. The zero-order valence-electron chi connectivity index (χ0n) is 10.7. The van der Waals surface area contributed by atoms with Gasteiger partial charge in [-0.1, -0.05) is 11.6 Å². The Morgan fingerprint density at radius 1 is 1.50 bits per heavy atom. The number of hydrogen-bond acceptors (Lipinski definition) is 4. The van der Waals surface area contributed by atoms with Gasteiger partial charge in [0.25, 0.3) is 0 Å². The zero-order chi connectivity index (χ0) is 14.9. The minimum absolute atomic E-state index is 0.0260. The van der Waals surface area contributed by atoms with Crippen molar-refractivity contribution in [2.45, 2.75) is 17.4 Å². The molecule has 0 amide bonds. The van der Waals surface area contributed by atoms with E-state index in [0.717, 1.165) is 6.07 Å². The van der Waals surface area contributed by atoms with Crippen LogP contribution in [-0.2, 0) is 14.8 Å². The Hall–Kier alpha value is -1.15. The number of rotatable bonds is 4. The molecule has 0 radical (unpaired) electrons. The number of carbonyl (C=O) groups is 1. The van der Waals surface area contributed by atoms with Crippen molar-refractivity contribution >= 4 is 27.6 Å². The van der Waals surface area contributed by atoms with Gasteiger partial charge in [-0.25, -0.2) is 13.2 Å². The van der Waals surface area contributed by atoms with E-state index in [1.807, 2.05) is 0 Å². The van der Waals surface area contributed by atoms with Gasteiger partial charge in [-0.15, -0.1) is 0 Å². The van der Waals surface area contributed by atoms with Crippen LogP contribution in [0.3, 0.4) is 0 Å². The predicted molar refractivity (Wildman–Crippen MR) is 72.6 cm³/mol. The summed E-state index contributed by atoms with van der Waals surface area (Å²) in [7, 11) is -2.23. The zero-order valence-corrected chi connectivity index (χ0v) is 12.3. The van der Waals surface area contributed by atoms with Crippen LogP contribution in [0.2, 0.25) is 5.02 Å². The maximum absolute atomic E-state index is 12.4. The normalized spacial score (nSPS) is 19.4. The summed E-state index contributed by atoms with van der Waals surface area (Å²) in [4.78, 5) is 10.8. The number of hydrogen-bond donors (Lipinski definition) is 1. The Balaban J connectivity index is 2.34. The molecule has 1 fully saturated rings. The number of sulfonamides is 1. The van der Waals surface area contributed by atoms with E-state index in [1.165, 1.54) is 23.5 Å². The lowest BCUT2D eigenvalue weighted by Crippen LogP contribution is -2.37. The van der Waals surface area contributed by atoms with Gasteiger partial charge in [0.1, 0.15) is 0 Å². The van der Waals surface area contributed by atoms with Crippen molar-refractivity contribution in [3.63, 3.8) is 0 Å². The molecule has 1 heterocycles. The Morgan fingerprint density at radius 2 is 2.20 bits per heavy atom. The van der Waals surface area contributed by atoms with E-state index >= 15 is 0 Å². The van der Waals surface area contributed by atoms with Gasteiger partial charge in [0, 0.05) is 13.7 Å². The first-order valence-electron chi connectivity index (χ1n) is 5.92. The molecule has 0 aliphatic carbocycles. The van der Waals surface area contributed by atoms with E-state index in [0.29, 0.717) is 19.6 Å². The molecule has 1 aromatic rings. The number of ether oxygens (including phenoxy) is 1. The molecular weight excluding hydrogens is 306 g/mol. The molecule has 0 bridgehead atoms. The summed E-state index contributed by atoms with van der Waals surface area (Å²) in [6.07, 6.45) is 0.636. The molecule has 0 aromatic heterocycles. The fourth-order valence-electron chi connectivity index (χ4n) is 2.00.